The van der Waals surface area contributed by atoms with Crippen molar-refractivity contribution in [2.75, 3.05) is 6.61 Å². The lowest BCUT2D eigenvalue weighted by Gasteiger charge is -2.17. The lowest BCUT2D eigenvalue weighted by Crippen LogP contribution is -2.37. The van der Waals surface area contributed by atoms with Crippen LogP contribution in [0.15, 0.2) is 23.4 Å². The second-order valence-corrected chi connectivity index (χ2v) is 4.96. The Balaban J connectivity index is 1.98. The molecule has 0 radical (unpaired) electrons. The average molecular weight is 249 g/mol. The van der Waals surface area contributed by atoms with Gasteiger partial charge >= 0.3 is 5.97 Å². The highest BCUT2D eigenvalue weighted by Crippen LogP contribution is 2.47. The van der Waals surface area contributed by atoms with Crippen LogP contribution in [0.25, 0.3) is 0 Å². The third-order valence-corrected chi connectivity index (χ3v) is 3.48. The summed E-state index contributed by atoms with van der Waals surface area (Å²) in [5, 5.41) is 2.86. The first kappa shape index (κ1) is 12.9. The molecular weight excluding hydrogens is 230 g/mol. The molecular formula is C14H19NO3. The second-order valence-electron chi connectivity index (χ2n) is 4.96. The lowest BCUT2D eigenvalue weighted by atomic mass is 10.0. The summed E-state index contributed by atoms with van der Waals surface area (Å²) in [5.74, 6) is -0.592. The van der Waals surface area contributed by atoms with Crippen LogP contribution in [-0.4, -0.2) is 18.5 Å². The summed E-state index contributed by atoms with van der Waals surface area (Å²) in [7, 11) is 0. The molecule has 0 aliphatic heterocycles. The first-order valence-electron chi connectivity index (χ1n) is 6.43. The molecule has 4 heteroatoms. The number of carbonyl (C=O) groups excluding carboxylic acids is 2. The van der Waals surface area contributed by atoms with Crippen molar-refractivity contribution >= 4 is 11.9 Å². The minimum Gasteiger partial charge on any atom is -0.465 e. The van der Waals surface area contributed by atoms with Crippen LogP contribution in [0.3, 0.4) is 0 Å². The number of amides is 1. The van der Waals surface area contributed by atoms with Gasteiger partial charge in [0.25, 0.3) is 0 Å². The fourth-order valence-corrected chi connectivity index (χ4v) is 2.03. The molecule has 0 aromatic heterocycles. The molecule has 4 nitrogen and oxygen atoms in total. The Bertz CT molecular complexity index is 430. The Morgan fingerprint density at radius 2 is 2.06 bits per heavy atom. The van der Waals surface area contributed by atoms with E-state index in [1.54, 1.807) is 6.92 Å². The molecule has 2 aliphatic rings. The highest BCUT2D eigenvalue weighted by Gasteiger charge is 2.58. The molecule has 0 saturated heterocycles. The van der Waals surface area contributed by atoms with E-state index in [-0.39, 0.29) is 11.9 Å². The molecule has 18 heavy (non-hydrogen) atoms. The predicted molar refractivity (Wildman–Crippen MR) is 67.5 cm³/mol. The highest BCUT2D eigenvalue weighted by molar-refractivity contribution is 6.06. The Morgan fingerprint density at radius 1 is 1.33 bits per heavy atom. The number of hydrogen-bond acceptors (Lipinski definition) is 3. The van der Waals surface area contributed by atoms with Gasteiger partial charge in [0.2, 0.25) is 5.91 Å². The third kappa shape index (κ3) is 2.47. The summed E-state index contributed by atoms with van der Waals surface area (Å²) < 4.78 is 4.97. The van der Waals surface area contributed by atoms with E-state index in [0.717, 1.165) is 18.5 Å². The maximum absolute atomic E-state index is 12.1. The number of allylic oxidation sites excluding steroid dienone is 4. The van der Waals surface area contributed by atoms with Crippen molar-refractivity contribution < 1.29 is 14.3 Å². The summed E-state index contributed by atoms with van der Waals surface area (Å²) in [6.45, 7) is 4.14. The van der Waals surface area contributed by atoms with Gasteiger partial charge in [0.1, 0.15) is 5.41 Å². The number of carbonyl (C=O) groups is 2. The van der Waals surface area contributed by atoms with E-state index >= 15 is 0 Å². The van der Waals surface area contributed by atoms with Crippen molar-refractivity contribution in [2.24, 2.45) is 5.41 Å². The maximum atomic E-state index is 12.1. The fourth-order valence-electron chi connectivity index (χ4n) is 2.03. The van der Waals surface area contributed by atoms with Crippen molar-refractivity contribution in [1.82, 2.24) is 5.32 Å². The third-order valence-electron chi connectivity index (χ3n) is 3.48. The first-order chi connectivity index (χ1) is 8.58. The molecule has 1 fully saturated rings. The van der Waals surface area contributed by atoms with Crippen molar-refractivity contribution in [2.45, 2.75) is 39.5 Å². The number of nitrogens with one attached hydrogen (secondary N) is 1. The zero-order valence-corrected chi connectivity index (χ0v) is 10.9. The molecule has 0 atom stereocenters. The van der Waals surface area contributed by atoms with Gasteiger partial charge in [-0.1, -0.05) is 11.6 Å². The largest absolute Gasteiger partial charge is 0.465 e. The minimum atomic E-state index is -0.910. The van der Waals surface area contributed by atoms with E-state index < -0.39 is 5.41 Å². The highest BCUT2D eigenvalue weighted by atomic mass is 16.5. The molecule has 1 amide bonds. The molecule has 2 aliphatic carbocycles. The molecule has 0 unspecified atom stereocenters. The summed E-state index contributed by atoms with van der Waals surface area (Å²) in [4.78, 5) is 23.9. The molecule has 0 spiro atoms. The lowest BCUT2D eigenvalue weighted by molar-refractivity contribution is -0.154. The quantitative estimate of drug-likeness (QED) is 0.613. The van der Waals surface area contributed by atoms with Crippen LogP contribution in [0.2, 0.25) is 0 Å². The van der Waals surface area contributed by atoms with Crippen LogP contribution in [0.1, 0.15) is 39.5 Å². The number of hydrogen-bond donors (Lipinski definition) is 1. The summed E-state index contributed by atoms with van der Waals surface area (Å²) >= 11 is 0. The molecule has 0 aromatic rings. The topological polar surface area (TPSA) is 55.4 Å². The van der Waals surface area contributed by atoms with Gasteiger partial charge < -0.3 is 10.1 Å². The fraction of sp³-hybridized carbons (Fsp3) is 0.571. The van der Waals surface area contributed by atoms with E-state index in [1.807, 2.05) is 12.2 Å². The van der Waals surface area contributed by atoms with Crippen molar-refractivity contribution in [1.29, 1.82) is 0 Å². The van der Waals surface area contributed by atoms with Crippen molar-refractivity contribution in [3.63, 3.8) is 0 Å². The molecule has 1 N–H and O–H groups in total. The van der Waals surface area contributed by atoms with Crippen molar-refractivity contribution in [3.8, 4) is 0 Å². The van der Waals surface area contributed by atoms with Crippen LogP contribution < -0.4 is 5.32 Å². The maximum Gasteiger partial charge on any atom is 0.321 e. The predicted octanol–water partition coefficient (Wildman–Crippen LogP) is 2.07. The minimum absolute atomic E-state index is 0.208. The zero-order valence-electron chi connectivity index (χ0n) is 10.9. The Morgan fingerprint density at radius 3 is 2.56 bits per heavy atom. The van der Waals surface area contributed by atoms with Gasteiger partial charge in [-0.2, -0.15) is 0 Å². The van der Waals surface area contributed by atoms with Crippen LogP contribution in [-0.2, 0) is 14.3 Å². The number of rotatable bonds is 4. The molecule has 0 aromatic carbocycles. The molecule has 98 valence electrons. The SMILES string of the molecule is CCOC(=O)C1(C(=O)NC2=CC=C(C)CC2)CC1. The van der Waals surface area contributed by atoms with E-state index in [4.69, 9.17) is 4.74 Å². The monoisotopic (exact) mass is 249 g/mol. The van der Waals surface area contributed by atoms with Gasteiger partial charge in [-0.05, 0) is 45.6 Å². The Kier molecular flexibility index (Phi) is 3.55. The molecule has 0 heterocycles. The van der Waals surface area contributed by atoms with Crippen LogP contribution in [0.4, 0.5) is 0 Å². The van der Waals surface area contributed by atoms with Crippen LogP contribution in [0.5, 0.6) is 0 Å². The zero-order chi connectivity index (χ0) is 13.2. The first-order valence-corrected chi connectivity index (χ1v) is 6.43. The van der Waals surface area contributed by atoms with Crippen LogP contribution in [0, 0.1) is 5.41 Å². The Labute approximate surface area is 107 Å². The van der Waals surface area contributed by atoms with E-state index in [9.17, 15) is 9.59 Å². The summed E-state index contributed by atoms with van der Waals surface area (Å²) in [5.41, 5.74) is 1.29. The molecule has 0 bridgehead atoms. The summed E-state index contributed by atoms with van der Waals surface area (Å²) in [6, 6.07) is 0. The van der Waals surface area contributed by atoms with Gasteiger partial charge in [0, 0.05) is 5.70 Å². The normalized spacial score (nSPS) is 20.6. The van der Waals surface area contributed by atoms with E-state index in [1.165, 1.54) is 5.57 Å². The van der Waals surface area contributed by atoms with Gasteiger partial charge in [0.15, 0.2) is 0 Å². The molecule has 2 rings (SSSR count). The number of ether oxygens (including phenoxy) is 1. The standard InChI is InChI=1S/C14H19NO3/c1-3-18-13(17)14(8-9-14)12(16)15-11-6-4-10(2)5-7-11/h4,6H,3,5,7-9H2,1-2H3,(H,15,16). The Hall–Kier alpha value is -1.58. The van der Waals surface area contributed by atoms with Gasteiger partial charge in [-0.15, -0.1) is 0 Å². The smallest absolute Gasteiger partial charge is 0.321 e. The van der Waals surface area contributed by atoms with Gasteiger partial charge in [-0.25, -0.2) is 0 Å². The molecule has 1 saturated carbocycles. The van der Waals surface area contributed by atoms with Crippen LogP contribution >= 0.6 is 0 Å². The average Bonchev–Trinajstić information content (AvgIpc) is 3.14. The van der Waals surface area contributed by atoms with Crippen molar-refractivity contribution in [3.05, 3.63) is 23.4 Å². The number of esters is 1. The van der Waals surface area contributed by atoms with E-state index in [2.05, 4.69) is 12.2 Å². The summed E-state index contributed by atoms with van der Waals surface area (Å²) in [6.07, 6.45) is 6.89. The second kappa shape index (κ2) is 4.96. The van der Waals surface area contributed by atoms with E-state index in [0.29, 0.717) is 19.4 Å². The van der Waals surface area contributed by atoms with Gasteiger partial charge in [0.05, 0.1) is 6.61 Å². The van der Waals surface area contributed by atoms with Gasteiger partial charge in [-0.3, -0.25) is 9.59 Å².